The van der Waals surface area contributed by atoms with Gasteiger partial charge < -0.3 is 4.90 Å². The Balaban J connectivity index is 1.92. The summed E-state index contributed by atoms with van der Waals surface area (Å²) in [6.07, 6.45) is 4.66. The van der Waals surface area contributed by atoms with Gasteiger partial charge in [0.1, 0.15) is 0 Å². The standard InChI is InChI=1S/C15H25N3O/c1-15(2)6-4-3-5-13(15)14(19)18-11-9-17(8-7-16)10-12-18/h13H,3-6,8-12H2,1-2H3. The van der Waals surface area contributed by atoms with Gasteiger partial charge in [-0.05, 0) is 18.3 Å². The maximum Gasteiger partial charge on any atom is 0.226 e. The van der Waals surface area contributed by atoms with Crippen LogP contribution in [0.2, 0.25) is 0 Å². The lowest BCUT2D eigenvalue weighted by molar-refractivity contribution is -0.142. The highest BCUT2D eigenvalue weighted by molar-refractivity contribution is 5.79. The Bertz CT molecular complexity index is 364. The second kappa shape index (κ2) is 5.92. The van der Waals surface area contributed by atoms with E-state index >= 15 is 0 Å². The summed E-state index contributed by atoms with van der Waals surface area (Å²) in [6.45, 7) is 8.21. The van der Waals surface area contributed by atoms with Gasteiger partial charge in [-0.15, -0.1) is 0 Å². The Kier molecular flexibility index (Phi) is 4.46. The fourth-order valence-electron chi connectivity index (χ4n) is 3.40. The number of carbonyl (C=O) groups is 1. The molecule has 4 nitrogen and oxygen atoms in total. The second-order valence-electron chi connectivity index (χ2n) is 6.55. The molecule has 1 aliphatic heterocycles. The molecule has 19 heavy (non-hydrogen) atoms. The van der Waals surface area contributed by atoms with Crippen molar-refractivity contribution < 1.29 is 4.79 Å². The van der Waals surface area contributed by atoms with E-state index in [0.29, 0.717) is 12.5 Å². The first-order valence-electron chi connectivity index (χ1n) is 7.43. The minimum atomic E-state index is 0.152. The van der Waals surface area contributed by atoms with E-state index in [9.17, 15) is 4.79 Å². The number of nitriles is 1. The SMILES string of the molecule is CC1(C)CCCCC1C(=O)N1CCN(CC#N)CC1. The fourth-order valence-corrected chi connectivity index (χ4v) is 3.40. The molecule has 2 fully saturated rings. The van der Waals surface area contributed by atoms with Crippen LogP contribution in [0, 0.1) is 22.7 Å². The number of hydrogen-bond acceptors (Lipinski definition) is 3. The lowest BCUT2D eigenvalue weighted by Crippen LogP contribution is -2.52. The van der Waals surface area contributed by atoms with Crippen LogP contribution in [0.5, 0.6) is 0 Å². The van der Waals surface area contributed by atoms with E-state index in [0.717, 1.165) is 39.0 Å². The van der Waals surface area contributed by atoms with Crippen LogP contribution < -0.4 is 0 Å². The lowest BCUT2D eigenvalue weighted by atomic mass is 9.68. The summed E-state index contributed by atoms with van der Waals surface area (Å²) in [6, 6.07) is 2.18. The first kappa shape index (κ1) is 14.3. The van der Waals surface area contributed by atoms with Gasteiger partial charge in [-0.1, -0.05) is 26.7 Å². The van der Waals surface area contributed by atoms with Gasteiger partial charge in [0, 0.05) is 32.1 Å². The van der Waals surface area contributed by atoms with Gasteiger partial charge in [0.05, 0.1) is 12.6 Å². The summed E-state index contributed by atoms with van der Waals surface area (Å²) in [5, 5.41) is 8.69. The third kappa shape index (κ3) is 3.27. The molecule has 0 aromatic heterocycles. The lowest BCUT2D eigenvalue weighted by Gasteiger charge is -2.42. The van der Waals surface area contributed by atoms with Crippen LogP contribution in [0.25, 0.3) is 0 Å². The van der Waals surface area contributed by atoms with Crippen molar-refractivity contribution in [2.75, 3.05) is 32.7 Å². The van der Waals surface area contributed by atoms with Crippen molar-refractivity contribution in [1.82, 2.24) is 9.80 Å². The molecule has 2 aliphatic rings. The topological polar surface area (TPSA) is 47.3 Å². The highest BCUT2D eigenvalue weighted by Crippen LogP contribution is 2.41. The van der Waals surface area contributed by atoms with Gasteiger partial charge in [0.2, 0.25) is 5.91 Å². The summed E-state index contributed by atoms with van der Waals surface area (Å²) < 4.78 is 0. The normalized spacial score (nSPS) is 27.8. The van der Waals surface area contributed by atoms with Crippen LogP contribution in [-0.4, -0.2) is 48.4 Å². The molecule has 0 aromatic carbocycles. The molecule has 1 saturated carbocycles. The Hall–Kier alpha value is -1.08. The Morgan fingerprint density at radius 3 is 2.53 bits per heavy atom. The maximum atomic E-state index is 12.7. The Morgan fingerprint density at radius 1 is 1.26 bits per heavy atom. The van der Waals surface area contributed by atoms with Gasteiger partial charge in [0.15, 0.2) is 0 Å². The molecular weight excluding hydrogens is 238 g/mol. The Labute approximate surface area is 116 Å². The predicted octanol–water partition coefficient (Wildman–Crippen LogP) is 1.87. The molecule has 1 heterocycles. The highest BCUT2D eigenvalue weighted by atomic mass is 16.2. The summed E-state index contributed by atoms with van der Waals surface area (Å²) in [5.41, 5.74) is 0.152. The van der Waals surface area contributed by atoms with E-state index in [1.807, 2.05) is 4.90 Å². The van der Waals surface area contributed by atoms with Crippen molar-refractivity contribution >= 4 is 5.91 Å². The largest absolute Gasteiger partial charge is 0.340 e. The summed E-state index contributed by atoms with van der Waals surface area (Å²) in [7, 11) is 0. The van der Waals surface area contributed by atoms with Gasteiger partial charge in [-0.3, -0.25) is 9.69 Å². The molecule has 1 unspecified atom stereocenters. The number of rotatable bonds is 2. The van der Waals surface area contributed by atoms with Crippen molar-refractivity contribution in [3.63, 3.8) is 0 Å². The van der Waals surface area contributed by atoms with E-state index < -0.39 is 0 Å². The third-order valence-electron chi connectivity index (χ3n) is 4.78. The van der Waals surface area contributed by atoms with Gasteiger partial charge in [-0.2, -0.15) is 5.26 Å². The van der Waals surface area contributed by atoms with Crippen LogP contribution in [0.1, 0.15) is 39.5 Å². The molecule has 106 valence electrons. The number of piperazine rings is 1. The third-order valence-corrected chi connectivity index (χ3v) is 4.78. The smallest absolute Gasteiger partial charge is 0.226 e. The molecule has 1 atom stereocenters. The van der Waals surface area contributed by atoms with Crippen molar-refractivity contribution in [2.24, 2.45) is 11.3 Å². The molecule has 0 spiro atoms. The molecule has 0 N–H and O–H groups in total. The molecule has 1 aliphatic carbocycles. The zero-order chi connectivity index (χ0) is 13.9. The van der Waals surface area contributed by atoms with Crippen molar-refractivity contribution in [3.05, 3.63) is 0 Å². The van der Waals surface area contributed by atoms with Crippen LogP contribution >= 0.6 is 0 Å². The van der Waals surface area contributed by atoms with Gasteiger partial charge in [-0.25, -0.2) is 0 Å². The van der Waals surface area contributed by atoms with E-state index in [2.05, 4.69) is 24.8 Å². The first-order chi connectivity index (χ1) is 9.04. The summed E-state index contributed by atoms with van der Waals surface area (Å²) in [5.74, 6) is 0.546. The number of hydrogen-bond donors (Lipinski definition) is 0. The molecule has 2 rings (SSSR count). The second-order valence-corrected chi connectivity index (χ2v) is 6.55. The number of carbonyl (C=O) groups excluding carboxylic acids is 1. The van der Waals surface area contributed by atoms with Gasteiger partial charge in [0.25, 0.3) is 0 Å². The van der Waals surface area contributed by atoms with Crippen LogP contribution in [0.4, 0.5) is 0 Å². The average Bonchev–Trinajstić information content (AvgIpc) is 2.39. The summed E-state index contributed by atoms with van der Waals surface area (Å²) in [4.78, 5) is 16.8. The minimum Gasteiger partial charge on any atom is -0.340 e. The monoisotopic (exact) mass is 263 g/mol. The van der Waals surface area contributed by atoms with Crippen LogP contribution in [0.3, 0.4) is 0 Å². The van der Waals surface area contributed by atoms with E-state index in [4.69, 9.17) is 5.26 Å². The molecule has 1 saturated heterocycles. The molecule has 4 heteroatoms. The highest BCUT2D eigenvalue weighted by Gasteiger charge is 2.39. The average molecular weight is 263 g/mol. The van der Waals surface area contributed by atoms with E-state index in [1.54, 1.807) is 0 Å². The van der Waals surface area contributed by atoms with Crippen molar-refractivity contribution in [1.29, 1.82) is 5.26 Å². The van der Waals surface area contributed by atoms with Crippen molar-refractivity contribution in [3.8, 4) is 6.07 Å². The predicted molar refractivity (Wildman–Crippen MR) is 74.4 cm³/mol. The molecule has 0 aromatic rings. The molecule has 0 bridgehead atoms. The zero-order valence-electron chi connectivity index (χ0n) is 12.2. The molecule has 1 amide bonds. The van der Waals surface area contributed by atoms with Crippen LogP contribution in [0.15, 0.2) is 0 Å². The van der Waals surface area contributed by atoms with E-state index in [-0.39, 0.29) is 11.3 Å². The fraction of sp³-hybridized carbons (Fsp3) is 0.867. The Morgan fingerprint density at radius 2 is 1.95 bits per heavy atom. The molecular formula is C15H25N3O. The molecule has 0 radical (unpaired) electrons. The minimum absolute atomic E-state index is 0.152. The number of amides is 1. The summed E-state index contributed by atoms with van der Waals surface area (Å²) >= 11 is 0. The van der Waals surface area contributed by atoms with Crippen LogP contribution in [-0.2, 0) is 4.79 Å². The number of nitrogens with zero attached hydrogens (tertiary/aromatic N) is 3. The first-order valence-corrected chi connectivity index (χ1v) is 7.43. The van der Waals surface area contributed by atoms with Crippen molar-refractivity contribution in [2.45, 2.75) is 39.5 Å². The van der Waals surface area contributed by atoms with Gasteiger partial charge >= 0.3 is 0 Å². The zero-order valence-corrected chi connectivity index (χ0v) is 12.2. The maximum absolute atomic E-state index is 12.7. The quantitative estimate of drug-likeness (QED) is 0.715. The van der Waals surface area contributed by atoms with E-state index in [1.165, 1.54) is 12.8 Å².